The fraction of sp³-hybridized carbons (Fsp3) is 0.217. The number of rotatable bonds is 3. The van der Waals surface area contributed by atoms with E-state index in [1.807, 2.05) is 52.9 Å². The summed E-state index contributed by atoms with van der Waals surface area (Å²) in [6.45, 7) is 4.90. The summed E-state index contributed by atoms with van der Waals surface area (Å²) < 4.78 is 1.04. The number of hydrogen-bond donors (Lipinski definition) is 0. The van der Waals surface area contributed by atoms with Crippen LogP contribution >= 0.6 is 11.3 Å². The molecule has 0 unspecified atom stereocenters. The Morgan fingerprint density at radius 1 is 0.967 bits per heavy atom. The molecule has 2 aromatic carbocycles. The summed E-state index contributed by atoms with van der Waals surface area (Å²) in [6.07, 6.45) is 0. The number of benzene rings is 2. The van der Waals surface area contributed by atoms with E-state index in [0.717, 1.165) is 45.9 Å². The lowest BCUT2D eigenvalue weighted by atomic mass is 10.1. The van der Waals surface area contributed by atoms with Gasteiger partial charge in [-0.1, -0.05) is 24.3 Å². The number of fused-ring (bicyclic) bond motifs is 1. The SMILES string of the molecule is Cc1ccccc1-c1ccc(N2CCN(C(=O)c3ccc4ncsc4c3)CC2)nn1. The number of piperazine rings is 1. The lowest BCUT2D eigenvalue weighted by molar-refractivity contribution is 0.0746. The van der Waals surface area contributed by atoms with E-state index in [9.17, 15) is 4.79 Å². The van der Waals surface area contributed by atoms with Crippen LogP contribution in [0.25, 0.3) is 21.5 Å². The zero-order valence-corrected chi connectivity index (χ0v) is 17.5. The number of hydrogen-bond acceptors (Lipinski definition) is 6. The van der Waals surface area contributed by atoms with E-state index in [2.05, 4.69) is 39.1 Å². The van der Waals surface area contributed by atoms with Crippen molar-refractivity contribution in [3.8, 4) is 11.3 Å². The van der Waals surface area contributed by atoms with Crippen molar-refractivity contribution in [2.75, 3.05) is 31.1 Å². The number of aryl methyl sites for hydroxylation is 1. The van der Waals surface area contributed by atoms with Crippen molar-refractivity contribution in [1.82, 2.24) is 20.1 Å². The molecule has 5 rings (SSSR count). The largest absolute Gasteiger partial charge is 0.352 e. The number of aromatic nitrogens is 3. The fourth-order valence-corrected chi connectivity index (χ4v) is 4.52. The number of carbonyl (C=O) groups excluding carboxylic acids is 1. The van der Waals surface area contributed by atoms with Crippen LogP contribution in [0.4, 0.5) is 5.82 Å². The molecule has 0 N–H and O–H groups in total. The second-order valence-electron chi connectivity index (χ2n) is 7.41. The molecular weight excluding hydrogens is 394 g/mol. The quantitative estimate of drug-likeness (QED) is 0.506. The third-order valence-corrected chi connectivity index (χ3v) is 6.33. The number of anilines is 1. The number of carbonyl (C=O) groups is 1. The third kappa shape index (κ3) is 3.52. The first-order chi connectivity index (χ1) is 14.7. The average Bonchev–Trinajstić information content (AvgIpc) is 3.27. The van der Waals surface area contributed by atoms with Gasteiger partial charge in [-0.15, -0.1) is 21.5 Å². The van der Waals surface area contributed by atoms with Gasteiger partial charge < -0.3 is 9.80 Å². The second kappa shape index (κ2) is 7.84. The van der Waals surface area contributed by atoms with Gasteiger partial charge in [-0.2, -0.15) is 0 Å². The summed E-state index contributed by atoms with van der Waals surface area (Å²) in [5, 5.41) is 8.88. The van der Waals surface area contributed by atoms with Crippen molar-refractivity contribution in [3.63, 3.8) is 0 Å². The normalized spacial score (nSPS) is 14.3. The molecule has 1 saturated heterocycles. The molecule has 1 aliphatic heterocycles. The van der Waals surface area contributed by atoms with E-state index in [4.69, 9.17) is 0 Å². The van der Waals surface area contributed by atoms with E-state index in [0.29, 0.717) is 13.1 Å². The summed E-state index contributed by atoms with van der Waals surface area (Å²) in [4.78, 5) is 21.3. The minimum atomic E-state index is 0.0749. The molecular formula is C23H21N5OS. The van der Waals surface area contributed by atoms with Crippen LogP contribution in [0.15, 0.2) is 60.1 Å². The minimum absolute atomic E-state index is 0.0749. The van der Waals surface area contributed by atoms with Crippen LogP contribution < -0.4 is 4.90 Å². The van der Waals surface area contributed by atoms with Gasteiger partial charge in [0.25, 0.3) is 5.91 Å². The Bertz CT molecular complexity index is 1200. The Kier molecular flexibility index (Phi) is 4.88. The molecule has 150 valence electrons. The van der Waals surface area contributed by atoms with Crippen LogP contribution in [-0.4, -0.2) is 52.2 Å². The molecule has 1 fully saturated rings. The maximum Gasteiger partial charge on any atom is 0.254 e. The number of thiazole rings is 1. The van der Waals surface area contributed by atoms with Gasteiger partial charge in [0.15, 0.2) is 5.82 Å². The molecule has 2 aromatic heterocycles. The van der Waals surface area contributed by atoms with Gasteiger partial charge in [0.2, 0.25) is 0 Å². The highest BCUT2D eigenvalue weighted by Crippen LogP contribution is 2.23. The van der Waals surface area contributed by atoms with E-state index in [-0.39, 0.29) is 5.91 Å². The topological polar surface area (TPSA) is 62.2 Å². The Morgan fingerprint density at radius 3 is 2.57 bits per heavy atom. The van der Waals surface area contributed by atoms with E-state index >= 15 is 0 Å². The number of amides is 1. The average molecular weight is 416 g/mol. The van der Waals surface area contributed by atoms with Gasteiger partial charge >= 0.3 is 0 Å². The highest BCUT2D eigenvalue weighted by Gasteiger charge is 2.23. The van der Waals surface area contributed by atoms with Crippen LogP contribution in [0.1, 0.15) is 15.9 Å². The number of nitrogens with zero attached hydrogens (tertiary/aromatic N) is 5. The monoisotopic (exact) mass is 415 g/mol. The predicted molar refractivity (Wildman–Crippen MR) is 120 cm³/mol. The van der Waals surface area contributed by atoms with Crippen LogP contribution in [0, 0.1) is 6.92 Å². The molecule has 30 heavy (non-hydrogen) atoms. The van der Waals surface area contributed by atoms with Gasteiger partial charge in [0, 0.05) is 37.3 Å². The molecule has 3 heterocycles. The van der Waals surface area contributed by atoms with Gasteiger partial charge in [-0.05, 0) is 42.8 Å². The van der Waals surface area contributed by atoms with Crippen molar-refractivity contribution in [2.24, 2.45) is 0 Å². The lowest BCUT2D eigenvalue weighted by Crippen LogP contribution is -2.49. The van der Waals surface area contributed by atoms with Crippen molar-refractivity contribution >= 4 is 33.3 Å². The highest BCUT2D eigenvalue weighted by molar-refractivity contribution is 7.16. The van der Waals surface area contributed by atoms with Crippen molar-refractivity contribution in [1.29, 1.82) is 0 Å². The molecule has 0 spiro atoms. The maximum absolute atomic E-state index is 12.9. The Morgan fingerprint density at radius 2 is 1.80 bits per heavy atom. The first-order valence-corrected chi connectivity index (χ1v) is 10.8. The molecule has 1 aliphatic rings. The molecule has 4 aromatic rings. The summed E-state index contributed by atoms with van der Waals surface area (Å²) >= 11 is 1.56. The van der Waals surface area contributed by atoms with Gasteiger partial charge in [-0.3, -0.25) is 4.79 Å². The predicted octanol–water partition coefficient (Wildman–Crippen LogP) is 4.02. The molecule has 0 bridgehead atoms. The summed E-state index contributed by atoms with van der Waals surface area (Å²) in [5.74, 6) is 0.927. The van der Waals surface area contributed by atoms with E-state index < -0.39 is 0 Å². The van der Waals surface area contributed by atoms with E-state index in [1.165, 1.54) is 5.56 Å². The summed E-state index contributed by atoms with van der Waals surface area (Å²) in [5.41, 5.74) is 6.64. The highest BCUT2D eigenvalue weighted by atomic mass is 32.1. The van der Waals surface area contributed by atoms with Crippen molar-refractivity contribution in [2.45, 2.75) is 6.92 Å². The van der Waals surface area contributed by atoms with Crippen LogP contribution in [0.5, 0.6) is 0 Å². The minimum Gasteiger partial charge on any atom is -0.352 e. The first kappa shape index (κ1) is 18.7. The van der Waals surface area contributed by atoms with Crippen LogP contribution in [0.3, 0.4) is 0 Å². The Labute approximate surface area is 178 Å². The second-order valence-corrected chi connectivity index (χ2v) is 8.29. The molecule has 0 saturated carbocycles. The molecule has 0 radical (unpaired) electrons. The van der Waals surface area contributed by atoms with Crippen LogP contribution in [-0.2, 0) is 0 Å². The zero-order valence-electron chi connectivity index (χ0n) is 16.7. The smallest absolute Gasteiger partial charge is 0.254 e. The first-order valence-electron chi connectivity index (χ1n) is 9.96. The zero-order chi connectivity index (χ0) is 20.5. The molecule has 0 aliphatic carbocycles. The Balaban J connectivity index is 1.25. The van der Waals surface area contributed by atoms with Crippen LogP contribution in [0.2, 0.25) is 0 Å². The van der Waals surface area contributed by atoms with Crippen molar-refractivity contribution in [3.05, 3.63) is 71.2 Å². The molecule has 7 heteroatoms. The summed E-state index contributed by atoms with van der Waals surface area (Å²) in [6, 6.07) is 17.9. The molecule has 1 amide bonds. The Hall–Kier alpha value is -3.32. The van der Waals surface area contributed by atoms with Crippen molar-refractivity contribution < 1.29 is 4.79 Å². The maximum atomic E-state index is 12.9. The molecule has 6 nitrogen and oxygen atoms in total. The third-order valence-electron chi connectivity index (χ3n) is 5.54. The van der Waals surface area contributed by atoms with Gasteiger partial charge in [-0.25, -0.2) is 4.98 Å². The van der Waals surface area contributed by atoms with E-state index in [1.54, 1.807) is 11.3 Å². The molecule has 0 atom stereocenters. The lowest BCUT2D eigenvalue weighted by Gasteiger charge is -2.35. The fourth-order valence-electron chi connectivity index (χ4n) is 3.81. The van der Waals surface area contributed by atoms with Gasteiger partial charge in [0.1, 0.15) is 0 Å². The summed E-state index contributed by atoms with van der Waals surface area (Å²) in [7, 11) is 0. The van der Waals surface area contributed by atoms with Gasteiger partial charge in [0.05, 0.1) is 21.4 Å². The standard InChI is InChI=1S/C23H21N5OS/c1-16-4-2-3-5-18(16)19-8-9-22(26-25-19)27-10-12-28(13-11-27)23(29)17-6-7-20-21(14-17)30-15-24-20/h2-9,14-15H,10-13H2,1H3.